The van der Waals surface area contributed by atoms with Gasteiger partial charge in [0.1, 0.15) is 10.6 Å². The summed E-state index contributed by atoms with van der Waals surface area (Å²) in [6, 6.07) is 0. The maximum atomic E-state index is 13.0. The van der Waals surface area contributed by atoms with E-state index in [1.807, 2.05) is 0 Å². The minimum atomic E-state index is -3.70. The third kappa shape index (κ3) is 5.60. The number of aromatic nitrogens is 1. The molecule has 0 aromatic carbocycles. The molecule has 2 saturated heterocycles. The monoisotopic (exact) mass is 441 g/mol. The molecule has 1 atom stereocenters. The van der Waals surface area contributed by atoms with Crippen LogP contribution in [0.2, 0.25) is 0 Å². The summed E-state index contributed by atoms with van der Waals surface area (Å²) < 4.78 is 32.5. The lowest BCUT2D eigenvalue weighted by Gasteiger charge is -2.32. The molecule has 1 aromatic rings. The Hall–Kier alpha value is -1.49. The van der Waals surface area contributed by atoms with Gasteiger partial charge >= 0.3 is 0 Å². The second-order valence-electron chi connectivity index (χ2n) is 8.50. The number of unbranched alkanes of at least 4 members (excludes halogenated alkanes) is 1. The standard InChI is InChI=1S/C20H35N5O4S/c1-16-19(17(2)29-22-16)30(27,28)25-10-6-7-18(15-25)20(26)21-8-4-5-9-24-13-11-23(3)12-14-24/h18H,4-15H2,1-3H3,(H,21,26). The van der Waals surface area contributed by atoms with Gasteiger partial charge < -0.3 is 19.6 Å². The SMILES string of the molecule is Cc1noc(C)c1S(=O)(=O)N1CCCC(C(=O)NCCCCN2CCN(C)CC2)C1. The Morgan fingerprint density at radius 1 is 1.17 bits per heavy atom. The van der Waals surface area contributed by atoms with Crippen molar-refractivity contribution in [2.45, 2.75) is 44.4 Å². The molecule has 2 aliphatic rings. The van der Waals surface area contributed by atoms with Crippen LogP contribution in [-0.4, -0.2) is 93.0 Å². The molecule has 0 saturated carbocycles. The average Bonchev–Trinajstić information content (AvgIpc) is 3.08. The Balaban J connectivity index is 1.43. The van der Waals surface area contributed by atoms with E-state index >= 15 is 0 Å². The van der Waals surface area contributed by atoms with E-state index in [9.17, 15) is 13.2 Å². The quantitative estimate of drug-likeness (QED) is 0.597. The highest BCUT2D eigenvalue weighted by Crippen LogP contribution is 2.27. The lowest BCUT2D eigenvalue weighted by molar-refractivity contribution is -0.126. The van der Waals surface area contributed by atoms with Crippen LogP contribution in [0.1, 0.15) is 37.1 Å². The number of carbonyl (C=O) groups excluding carboxylic acids is 1. The van der Waals surface area contributed by atoms with E-state index in [-0.39, 0.29) is 23.3 Å². The predicted molar refractivity (Wildman–Crippen MR) is 114 cm³/mol. The molecule has 10 heteroatoms. The first-order valence-corrected chi connectivity index (χ1v) is 12.3. The first kappa shape index (κ1) is 23.2. The third-order valence-corrected chi connectivity index (χ3v) is 8.23. The van der Waals surface area contributed by atoms with Gasteiger partial charge in [-0.05, 0) is 53.1 Å². The highest BCUT2D eigenvalue weighted by Gasteiger charge is 2.36. The lowest BCUT2D eigenvalue weighted by atomic mass is 9.99. The van der Waals surface area contributed by atoms with Crippen LogP contribution in [0.25, 0.3) is 0 Å². The first-order valence-electron chi connectivity index (χ1n) is 10.9. The third-order valence-electron chi connectivity index (χ3n) is 6.12. The number of nitrogens with zero attached hydrogens (tertiary/aromatic N) is 4. The maximum absolute atomic E-state index is 13.0. The zero-order valence-electron chi connectivity index (χ0n) is 18.4. The second-order valence-corrected chi connectivity index (χ2v) is 10.4. The molecule has 3 rings (SSSR count). The number of amides is 1. The number of nitrogens with one attached hydrogen (secondary N) is 1. The number of likely N-dealkylation sites (N-methyl/N-ethyl adjacent to an activating group) is 1. The van der Waals surface area contributed by atoms with Crippen molar-refractivity contribution < 1.29 is 17.7 Å². The average molecular weight is 442 g/mol. The summed E-state index contributed by atoms with van der Waals surface area (Å²) in [4.78, 5) is 17.6. The Bertz CT molecular complexity index is 798. The summed E-state index contributed by atoms with van der Waals surface area (Å²) in [5.41, 5.74) is 0.361. The summed E-state index contributed by atoms with van der Waals surface area (Å²) in [5, 5.41) is 6.77. The fourth-order valence-electron chi connectivity index (χ4n) is 4.23. The Morgan fingerprint density at radius 3 is 2.57 bits per heavy atom. The Morgan fingerprint density at radius 2 is 1.90 bits per heavy atom. The van der Waals surface area contributed by atoms with Gasteiger partial charge in [-0.1, -0.05) is 5.16 Å². The zero-order chi connectivity index (χ0) is 21.7. The van der Waals surface area contributed by atoms with Crippen LogP contribution in [0.4, 0.5) is 0 Å². The molecule has 0 radical (unpaired) electrons. The Kier molecular flexibility index (Phi) is 7.89. The normalized spacial score (nSPS) is 22.3. The fraction of sp³-hybridized carbons (Fsp3) is 0.800. The summed E-state index contributed by atoms with van der Waals surface area (Å²) >= 11 is 0. The number of piperazine rings is 1. The van der Waals surface area contributed by atoms with Crippen molar-refractivity contribution in [2.75, 3.05) is 59.4 Å². The number of hydrogen-bond donors (Lipinski definition) is 1. The van der Waals surface area contributed by atoms with E-state index in [2.05, 4.69) is 27.3 Å². The molecule has 1 N–H and O–H groups in total. The molecule has 2 aliphatic heterocycles. The van der Waals surface area contributed by atoms with Gasteiger partial charge in [-0.25, -0.2) is 8.42 Å². The van der Waals surface area contributed by atoms with Crippen LogP contribution in [0.5, 0.6) is 0 Å². The van der Waals surface area contributed by atoms with E-state index in [4.69, 9.17) is 4.52 Å². The van der Waals surface area contributed by atoms with Crippen LogP contribution in [0.15, 0.2) is 9.42 Å². The predicted octanol–water partition coefficient (Wildman–Crippen LogP) is 0.836. The van der Waals surface area contributed by atoms with Crippen LogP contribution < -0.4 is 5.32 Å². The molecule has 0 bridgehead atoms. The van der Waals surface area contributed by atoms with Crippen molar-refractivity contribution in [3.63, 3.8) is 0 Å². The van der Waals surface area contributed by atoms with E-state index < -0.39 is 10.0 Å². The van der Waals surface area contributed by atoms with Crippen molar-refractivity contribution >= 4 is 15.9 Å². The number of carbonyl (C=O) groups is 1. The summed E-state index contributed by atoms with van der Waals surface area (Å²) in [7, 11) is -1.55. The van der Waals surface area contributed by atoms with Crippen molar-refractivity contribution in [1.29, 1.82) is 0 Å². The van der Waals surface area contributed by atoms with Gasteiger partial charge in [-0.2, -0.15) is 4.31 Å². The number of aryl methyl sites for hydroxylation is 2. The molecule has 170 valence electrons. The highest BCUT2D eigenvalue weighted by molar-refractivity contribution is 7.89. The van der Waals surface area contributed by atoms with Crippen LogP contribution >= 0.6 is 0 Å². The molecule has 30 heavy (non-hydrogen) atoms. The van der Waals surface area contributed by atoms with Gasteiger partial charge in [0.05, 0.1) is 5.92 Å². The molecule has 1 unspecified atom stereocenters. The molecular formula is C20H35N5O4S. The minimum absolute atomic E-state index is 0.0479. The summed E-state index contributed by atoms with van der Waals surface area (Å²) in [5.74, 6) is -0.0701. The number of hydrogen-bond acceptors (Lipinski definition) is 7. The second kappa shape index (κ2) is 10.2. The van der Waals surface area contributed by atoms with Crippen molar-refractivity contribution in [3.8, 4) is 0 Å². The van der Waals surface area contributed by atoms with Gasteiger partial charge in [-0.15, -0.1) is 0 Å². The van der Waals surface area contributed by atoms with Gasteiger partial charge in [0, 0.05) is 45.8 Å². The van der Waals surface area contributed by atoms with E-state index in [1.165, 1.54) is 4.31 Å². The minimum Gasteiger partial charge on any atom is -0.360 e. The van der Waals surface area contributed by atoms with E-state index in [1.54, 1.807) is 13.8 Å². The molecular weight excluding hydrogens is 406 g/mol. The lowest BCUT2D eigenvalue weighted by Crippen LogP contribution is -2.46. The van der Waals surface area contributed by atoms with Crippen LogP contribution in [0, 0.1) is 19.8 Å². The number of sulfonamides is 1. The zero-order valence-corrected chi connectivity index (χ0v) is 19.2. The van der Waals surface area contributed by atoms with Gasteiger partial charge in [0.2, 0.25) is 15.9 Å². The maximum Gasteiger partial charge on any atom is 0.248 e. The van der Waals surface area contributed by atoms with Crippen LogP contribution in [0.3, 0.4) is 0 Å². The largest absolute Gasteiger partial charge is 0.360 e. The Labute approximate surface area is 179 Å². The molecule has 1 amide bonds. The molecule has 3 heterocycles. The van der Waals surface area contributed by atoms with E-state index in [0.29, 0.717) is 37.4 Å². The molecule has 0 spiro atoms. The van der Waals surface area contributed by atoms with Crippen LogP contribution in [-0.2, 0) is 14.8 Å². The van der Waals surface area contributed by atoms with Gasteiger partial charge in [0.25, 0.3) is 0 Å². The highest BCUT2D eigenvalue weighted by atomic mass is 32.2. The summed E-state index contributed by atoms with van der Waals surface area (Å²) in [6.07, 6.45) is 3.37. The molecule has 0 aliphatic carbocycles. The van der Waals surface area contributed by atoms with Crippen molar-refractivity contribution in [2.24, 2.45) is 5.92 Å². The number of piperidine rings is 1. The topological polar surface area (TPSA) is 99.0 Å². The fourth-order valence-corrected chi connectivity index (χ4v) is 6.05. The van der Waals surface area contributed by atoms with E-state index in [0.717, 1.165) is 45.6 Å². The molecule has 2 fully saturated rings. The number of rotatable bonds is 8. The molecule has 1 aromatic heterocycles. The summed E-state index contributed by atoms with van der Waals surface area (Å²) in [6.45, 7) is 10.0. The molecule has 9 nitrogen and oxygen atoms in total. The van der Waals surface area contributed by atoms with Crippen molar-refractivity contribution in [1.82, 2.24) is 24.6 Å². The van der Waals surface area contributed by atoms with Gasteiger partial charge in [0.15, 0.2) is 5.76 Å². The van der Waals surface area contributed by atoms with Crippen molar-refractivity contribution in [3.05, 3.63) is 11.5 Å². The first-order chi connectivity index (χ1) is 14.3. The smallest absolute Gasteiger partial charge is 0.248 e. The van der Waals surface area contributed by atoms with Gasteiger partial charge in [-0.3, -0.25) is 4.79 Å².